The number of fused-ring (bicyclic) bond motifs is 1. The van der Waals surface area contributed by atoms with Gasteiger partial charge in [0.05, 0.1) is 12.1 Å². The Morgan fingerprint density at radius 1 is 1.12 bits per heavy atom. The Morgan fingerprint density at radius 3 is 2.73 bits per heavy atom. The molecule has 1 amide bonds. The summed E-state index contributed by atoms with van der Waals surface area (Å²) in [5.74, 6) is -0.0430. The van der Waals surface area contributed by atoms with Gasteiger partial charge in [0, 0.05) is 33.2 Å². The molecule has 26 heavy (non-hydrogen) atoms. The number of para-hydroxylation sites is 2. The van der Waals surface area contributed by atoms with Crippen molar-refractivity contribution in [2.24, 2.45) is 0 Å². The second-order valence-corrected chi connectivity index (χ2v) is 7.59. The van der Waals surface area contributed by atoms with E-state index in [1.54, 1.807) is 11.3 Å². The molecule has 4 aromatic rings. The Hall–Kier alpha value is -2.92. The second kappa shape index (κ2) is 6.77. The number of aryl methyl sites for hydroxylation is 2. The number of amides is 1. The van der Waals surface area contributed by atoms with Crippen molar-refractivity contribution < 1.29 is 4.79 Å². The largest absolute Gasteiger partial charge is 0.360 e. The molecule has 0 aliphatic rings. The number of carbonyl (C=O) groups is 1. The SMILES string of the molecule is Cc1ccccc1NC(=O)Cc1nc(-c2c[nH]c3ccccc23)c(C)s1. The summed E-state index contributed by atoms with van der Waals surface area (Å²) in [4.78, 5) is 21.6. The van der Waals surface area contributed by atoms with Gasteiger partial charge < -0.3 is 10.3 Å². The van der Waals surface area contributed by atoms with Crippen LogP contribution in [-0.4, -0.2) is 15.9 Å². The zero-order chi connectivity index (χ0) is 18.1. The first-order valence-electron chi connectivity index (χ1n) is 8.50. The van der Waals surface area contributed by atoms with Crippen LogP contribution in [0, 0.1) is 13.8 Å². The highest BCUT2D eigenvalue weighted by molar-refractivity contribution is 7.12. The lowest BCUT2D eigenvalue weighted by atomic mass is 10.1. The summed E-state index contributed by atoms with van der Waals surface area (Å²) < 4.78 is 0. The third kappa shape index (κ3) is 3.13. The molecule has 0 radical (unpaired) electrons. The van der Waals surface area contributed by atoms with Crippen molar-refractivity contribution in [3.05, 3.63) is 70.2 Å². The van der Waals surface area contributed by atoms with Crippen molar-refractivity contribution in [3.8, 4) is 11.3 Å². The van der Waals surface area contributed by atoms with Crippen molar-refractivity contribution in [1.82, 2.24) is 9.97 Å². The monoisotopic (exact) mass is 361 g/mol. The van der Waals surface area contributed by atoms with Crippen LogP contribution >= 0.6 is 11.3 Å². The molecule has 4 rings (SSSR count). The highest BCUT2D eigenvalue weighted by atomic mass is 32.1. The number of H-pyrrole nitrogens is 1. The molecule has 2 aromatic carbocycles. The first-order chi connectivity index (χ1) is 12.6. The maximum Gasteiger partial charge on any atom is 0.231 e. The predicted molar refractivity (Wildman–Crippen MR) is 108 cm³/mol. The van der Waals surface area contributed by atoms with Crippen LogP contribution in [0.3, 0.4) is 0 Å². The fourth-order valence-corrected chi connectivity index (χ4v) is 4.04. The summed E-state index contributed by atoms with van der Waals surface area (Å²) in [5.41, 5.74) is 5.03. The van der Waals surface area contributed by atoms with Gasteiger partial charge in [-0.25, -0.2) is 4.98 Å². The lowest BCUT2D eigenvalue weighted by Crippen LogP contribution is -2.14. The number of nitrogens with one attached hydrogen (secondary N) is 2. The first-order valence-corrected chi connectivity index (χ1v) is 9.32. The Balaban J connectivity index is 1.57. The number of thiazole rings is 1. The first kappa shape index (κ1) is 16.5. The molecule has 0 aliphatic carbocycles. The minimum Gasteiger partial charge on any atom is -0.360 e. The zero-order valence-corrected chi connectivity index (χ0v) is 15.5. The van der Waals surface area contributed by atoms with Gasteiger partial charge in [-0.3, -0.25) is 4.79 Å². The summed E-state index contributed by atoms with van der Waals surface area (Å²) in [6.45, 7) is 4.04. The van der Waals surface area contributed by atoms with Crippen LogP contribution in [0.15, 0.2) is 54.7 Å². The van der Waals surface area contributed by atoms with E-state index in [-0.39, 0.29) is 12.3 Å². The molecule has 0 aliphatic heterocycles. The minimum absolute atomic E-state index is 0.0430. The lowest BCUT2D eigenvalue weighted by Gasteiger charge is -2.06. The van der Waals surface area contributed by atoms with Gasteiger partial charge in [0.25, 0.3) is 0 Å². The number of benzene rings is 2. The van der Waals surface area contributed by atoms with Gasteiger partial charge in [0.2, 0.25) is 5.91 Å². The Morgan fingerprint density at radius 2 is 1.88 bits per heavy atom. The number of anilines is 1. The second-order valence-electron chi connectivity index (χ2n) is 6.30. The van der Waals surface area contributed by atoms with Gasteiger partial charge >= 0.3 is 0 Å². The zero-order valence-electron chi connectivity index (χ0n) is 14.7. The molecule has 2 aromatic heterocycles. The van der Waals surface area contributed by atoms with Gasteiger partial charge in [-0.2, -0.15) is 0 Å². The molecule has 0 spiro atoms. The van der Waals surface area contributed by atoms with Crippen LogP contribution in [0.5, 0.6) is 0 Å². The van der Waals surface area contributed by atoms with E-state index >= 15 is 0 Å². The van der Waals surface area contributed by atoms with Gasteiger partial charge in [0.1, 0.15) is 5.01 Å². The van der Waals surface area contributed by atoms with Crippen molar-refractivity contribution in [1.29, 1.82) is 0 Å². The van der Waals surface area contributed by atoms with E-state index in [1.165, 1.54) is 0 Å². The number of aromatic nitrogens is 2. The van der Waals surface area contributed by atoms with Crippen molar-refractivity contribution in [3.63, 3.8) is 0 Å². The number of rotatable bonds is 4. The molecule has 0 bridgehead atoms. The van der Waals surface area contributed by atoms with E-state index in [9.17, 15) is 4.79 Å². The van der Waals surface area contributed by atoms with Crippen LogP contribution in [0.2, 0.25) is 0 Å². The molecule has 130 valence electrons. The van der Waals surface area contributed by atoms with E-state index < -0.39 is 0 Å². The molecule has 2 N–H and O–H groups in total. The summed E-state index contributed by atoms with van der Waals surface area (Å²) in [5, 5.41) is 4.95. The van der Waals surface area contributed by atoms with Gasteiger partial charge in [-0.1, -0.05) is 36.4 Å². The van der Waals surface area contributed by atoms with Crippen LogP contribution in [0.1, 0.15) is 15.4 Å². The van der Waals surface area contributed by atoms with Crippen molar-refractivity contribution in [2.75, 3.05) is 5.32 Å². The summed E-state index contributed by atoms with van der Waals surface area (Å²) >= 11 is 1.58. The van der Waals surface area contributed by atoms with E-state index in [0.717, 1.165) is 43.3 Å². The fraction of sp³-hybridized carbons (Fsp3) is 0.143. The highest BCUT2D eigenvalue weighted by Gasteiger charge is 2.16. The maximum absolute atomic E-state index is 12.4. The highest BCUT2D eigenvalue weighted by Crippen LogP contribution is 2.33. The van der Waals surface area contributed by atoms with Crippen LogP contribution in [0.25, 0.3) is 22.2 Å². The number of hydrogen-bond donors (Lipinski definition) is 2. The smallest absolute Gasteiger partial charge is 0.231 e. The molecule has 0 saturated heterocycles. The molecule has 0 unspecified atom stereocenters. The number of nitrogens with zero attached hydrogens (tertiary/aromatic N) is 1. The average molecular weight is 361 g/mol. The molecular formula is C21H19N3OS. The van der Waals surface area contributed by atoms with Crippen LogP contribution in [0.4, 0.5) is 5.69 Å². The van der Waals surface area contributed by atoms with E-state index in [0.29, 0.717) is 0 Å². The van der Waals surface area contributed by atoms with Crippen molar-refractivity contribution >= 4 is 33.8 Å². The van der Waals surface area contributed by atoms with Crippen molar-refractivity contribution in [2.45, 2.75) is 20.3 Å². The minimum atomic E-state index is -0.0430. The third-order valence-electron chi connectivity index (χ3n) is 4.42. The Bertz CT molecular complexity index is 1090. The quantitative estimate of drug-likeness (QED) is 0.532. The normalized spacial score (nSPS) is 11.0. The van der Waals surface area contributed by atoms with Gasteiger partial charge in [-0.05, 0) is 31.5 Å². The molecule has 4 nitrogen and oxygen atoms in total. The summed E-state index contributed by atoms with van der Waals surface area (Å²) in [6.07, 6.45) is 2.27. The van der Waals surface area contributed by atoms with E-state index in [4.69, 9.17) is 4.98 Å². The van der Waals surface area contributed by atoms with Crippen LogP contribution in [-0.2, 0) is 11.2 Å². The third-order valence-corrected chi connectivity index (χ3v) is 5.39. The topological polar surface area (TPSA) is 57.8 Å². The fourth-order valence-electron chi connectivity index (χ4n) is 3.09. The molecule has 0 saturated carbocycles. The Labute approximate surface area is 155 Å². The van der Waals surface area contributed by atoms with E-state index in [1.807, 2.05) is 49.5 Å². The standard InChI is InChI=1S/C21H19N3OS/c1-13-7-3-5-9-17(13)23-19(25)11-20-24-21(14(2)26-20)16-12-22-18-10-6-4-8-15(16)18/h3-10,12,22H,11H2,1-2H3,(H,23,25). The molecule has 5 heteroatoms. The number of carbonyl (C=O) groups excluding carboxylic acids is 1. The summed E-state index contributed by atoms with van der Waals surface area (Å²) in [7, 11) is 0. The molecule has 0 fully saturated rings. The van der Waals surface area contributed by atoms with Crippen LogP contribution < -0.4 is 5.32 Å². The average Bonchev–Trinajstić information content (AvgIpc) is 3.20. The maximum atomic E-state index is 12.4. The Kier molecular flexibility index (Phi) is 4.31. The number of hydrogen-bond acceptors (Lipinski definition) is 3. The summed E-state index contributed by atoms with van der Waals surface area (Å²) in [6, 6.07) is 16.0. The lowest BCUT2D eigenvalue weighted by molar-refractivity contribution is -0.115. The predicted octanol–water partition coefficient (Wildman–Crippen LogP) is 5.09. The molecule has 0 atom stereocenters. The molecule has 2 heterocycles. The van der Waals surface area contributed by atoms with E-state index in [2.05, 4.69) is 29.4 Å². The van der Waals surface area contributed by atoms with Gasteiger partial charge in [-0.15, -0.1) is 11.3 Å². The van der Waals surface area contributed by atoms with Gasteiger partial charge in [0.15, 0.2) is 0 Å². The molecular weight excluding hydrogens is 342 g/mol. The number of aromatic amines is 1.